The lowest BCUT2D eigenvalue weighted by Crippen LogP contribution is -2.00. The van der Waals surface area contributed by atoms with E-state index in [9.17, 15) is 0 Å². The van der Waals surface area contributed by atoms with E-state index < -0.39 is 0 Å². The quantitative estimate of drug-likeness (QED) is 0.229. The molecule has 3 heterocycles. The van der Waals surface area contributed by atoms with Gasteiger partial charge in [-0.05, 0) is 41.1 Å². The number of nitrogens with zero attached hydrogens (tertiary/aromatic N) is 4. The van der Waals surface area contributed by atoms with Crippen LogP contribution in [-0.2, 0) is 0 Å². The lowest BCUT2D eigenvalue weighted by molar-refractivity contribution is 0.654. The number of fused-ring (bicyclic) bond motifs is 4. The van der Waals surface area contributed by atoms with Gasteiger partial charge in [0.15, 0.2) is 17.5 Å². The van der Waals surface area contributed by atoms with Gasteiger partial charge < -0.3 is 4.42 Å². The molecule has 0 N–H and O–H groups in total. The molecule has 0 bridgehead atoms. The molecule has 5 heteroatoms. The first-order valence-corrected chi connectivity index (χ1v) is 13.5. The average Bonchev–Trinajstić information content (AvgIpc) is 3.43. The van der Waals surface area contributed by atoms with E-state index in [2.05, 4.69) is 54.6 Å². The molecule has 0 radical (unpaired) electrons. The highest BCUT2D eigenvalue weighted by molar-refractivity contribution is 6.04. The molecule has 0 amide bonds. The van der Waals surface area contributed by atoms with Crippen LogP contribution in [0, 0.1) is 0 Å². The number of hydrogen-bond acceptors (Lipinski definition) is 5. The first kappa shape index (κ1) is 23.2. The van der Waals surface area contributed by atoms with Gasteiger partial charge in [-0.2, -0.15) is 0 Å². The third kappa shape index (κ3) is 4.21. The van der Waals surface area contributed by atoms with Crippen molar-refractivity contribution in [2.75, 3.05) is 0 Å². The van der Waals surface area contributed by atoms with Crippen molar-refractivity contribution in [1.82, 2.24) is 19.9 Å². The Morgan fingerprint density at radius 3 is 1.63 bits per heavy atom. The first-order chi connectivity index (χ1) is 20.3. The molecule has 41 heavy (non-hydrogen) atoms. The fourth-order valence-corrected chi connectivity index (χ4v) is 5.25. The summed E-state index contributed by atoms with van der Waals surface area (Å²) in [4.78, 5) is 19.4. The van der Waals surface area contributed by atoms with E-state index in [4.69, 9.17) is 24.4 Å². The molecule has 5 nitrogen and oxygen atoms in total. The molecule has 0 saturated carbocycles. The Labute approximate surface area is 235 Å². The summed E-state index contributed by atoms with van der Waals surface area (Å²) in [6, 6.07) is 44.9. The SMILES string of the molecule is c1ccc(-c2nc(-c3ccccc3)nc(-c3ccc4cc(-c5ccc6c(n5)oc5ccccc56)ccc4c3)n2)cc1. The van der Waals surface area contributed by atoms with Gasteiger partial charge in [-0.25, -0.2) is 19.9 Å². The molecule has 0 aliphatic rings. The summed E-state index contributed by atoms with van der Waals surface area (Å²) in [5.74, 6) is 1.94. The normalized spacial score (nSPS) is 11.4. The molecule has 8 aromatic rings. The summed E-state index contributed by atoms with van der Waals surface area (Å²) in [7, 11) is 0. The van der Waals surface area contributed by atoms with E-state index in [0.717, 1.165) is 55.1 Å². The highest BCUT2D eigenvalue weighted by atomic mass is 16.3. The molecule has 0 spiro atoms. The van der Waals surface area contributed by atoms with Gasteiger partial charge in [0, 0.05) is 33.0 Å². The summed E-state index contributed by atoms with van der Waals surface area (Å²) in [6.45, 7) is 0. The van der Waals surface area contributed by atoms with Crippen LogP contribution >= 0.6 is 0 Å². The van der Waals surface area contributed by atoms with E-state index in [-0.39, 0.29) is 0 Å². The van der Waals surface area contributed by atoms with Crippen LogP contribution in [0.25, 0.3) is 78.3 Å². The minimum atomic E-state index is 0.640. The maximum absolute atomic E-state index is 6.02. The minimum Gasteiger partial charge on any atom is -0.438 e. The molecule has 3 aromatic heterocycles. The van der Waals surface area contributed by atoms with Crippen molar-refractivity contribution in [1.29, 1.82) is 0 Å². The van der Waals surface area contributed by atoms with E-state index in [1.165, 1.54) is 0 Å². The fraction of sp³-hybridized carbons (Fsp3) is 0. The van der Waals surface area contributed by atoms with Gasteiger partial charge in [-0.1, -0.05) is 103 Å². The number of para-hydroxylation sites is 1. The molecule has 0 aliphatic heterocycles. The second-order valence-corrected chi connectivity index (χ2v) is 9.96. The summed E-state index contributed by atoms with van der Waals surface area (Å²) >= 11 is 0. The van der Waals surface area contributed by atoms with Crippen molar-refractivity contribution in [3.8, 4) is 45.4 Å². The molecular formula is C36H22N4O. The van der Waals surface area contributed by atoms with E-state index in [1.807, 2.05) is 78.9 Å². The van der Waals surface area contributed by atoms with Crippen molar-refractivity contribution < 1.29 is 4.42 Å². The van der Waals surface area contributed by atoms with Gasteiger partial charge in [0.1, 0.15) is 5.58 Å². The van der Waals surface area contributed by atoms with Gasteiger partial charge in [0.2, 0.25) is 5.71 Å². The Bertz CT molecular complexity index is 2150. The maximum Gasteiger partial charge on any atom is 0.227 e. The number of benzene rings is 5. The van der Waals surface area contributed by atoms with Crippen LogP contribution in [0.3, 0.4) is 0 Å². The first-order valence-electron chi connectivity index (χ1n) is 13.5. The number of furan rings is 1. The van der Waals surface area contributed by atoms with Gasteiger partial charge >= 0.3 is 0 Å². The number of rotatable bonds is 4. The van der Waals surface area contributed by atoms with Crippen molar-refractivity contribution in [3.63, 3.8) is 0 Å². The number of hydrogen-bond donors (Lipinski definition) is 0. The fourth-order valence-electron chi connectivity index (χ4n) is 5.25. The van der Waals surface area contributed by atoms with Crippen molar-refractivity contribution in [2.24, 2.45) is 0 Å². The van der Waals surface area contributed by atoms with Crippen molar-refractivity contribution in [3.05, 3.63) is 133 Å². The molecule has 0 fully saturated rings. The Morgan fingerprint density at radius 2 is 0.951 bits per heavy atom. The zero-order chi connectivity index (χ0) is 27.2. The van der Waals surface area contributed by atoms with Crippen LogP contribution in [0.15, 0.2) is 138 Å². The Kier molecular flexibility index (Phi) is 5.38. The van der Waals surface area contributed by atoms with Crippen LogP contribution in [0.2, 0.25) is 0 Å². The lowest BCUT2D eigenvalue weighted by Gasteiger charge is -2.09. The zero-order valence-electron chi connectivity index (χ0n) is 21.9. The van der Waals surface area contributed by atoms with Gasteiger partial charge in [-0.15, -0.1) is 0 Å². The predicted octanol–water partition coefficient (Wildman–Crippen LogP) is 8.99. The van der Waals surface area contributed by atoms with E-state index >= 15 is 0 Å². The van der Waals surface area contributed by atoms with E-state index in [0.29, 0.717) is 23.2 Å². The smallest absolute Gasteiger partial charge is 0.227 e. The van der Waals surface area contributed by atoms with Crippen LogP contribution in [0.1, 0.15) is 0 Å². The minimum absolute atomic E-state index is 0.640. The lowest BCUT2D eigenvalue weighted by atomic mass is 10.0. The monoisotopic (exact) mass is 526 g/mol. The van der Waals surface area contributed by atoms with Crippen LogP contribution < -0.4 is 0 Å². The van der Waals surface area contributed by atoms with Crippen LogP contribution in [0.4, 0.5) is 0 Å². The Morgan fingerprint density at radius 1 is 0.390 bits per heavy atom. The zero-order valence-corrected chi connectivity index (χ0v) is 21.9. The van der Waals surface area contributed by atoms with Gasteiger partial charge in [0.25, 0.3) is 0 Å². The third-order valence-corrected chi connectivity index (χ3v) is 7.34. The van der Waals surface area contributed by atoms with Crippen molar-refractivity contribution >= 4 is 32.8 Å². The number of pyridine rings is 1. The molecule has 192 valence electrons. The molecule has 0 saturated heterocycles. The van der Waals surface area contributed by atoms with Crippen LogP contribution in [-0.4, -0.2) is 19.9 Å². The van der Waals surface area contributed by atoms with E-state index in [1.54, 1.807) is 0 Å². The predicted molar refractivity (Wildman–Crippen MR) is 164 cm³/mol. The largest absolute Gasteiger partial charge is 0.438 e. The summed E-state index contributed by atoms with van der Waals surface area (Å²) in [5, 5.41) is 4.31. The number of aromatic nitrogens is 4. The summed E-state index contributed by atoms with van der Waals surface area (Å²) < 4.78 is 6.02. The average molecular weight is 527 g/mol. The van der Waals surface area contributed by atoms with Gasteiger partial charge in [0.05, 0.1) is 5.69 Å². The van der Waals surface area contributed by atoms with Crippen molar-refractivity contribution in [2.45, 2.75) is 0 Å². The Hall–Kier alpha value is -5.68. The Balaban J connectivity index is 1.20. The molecule has 5 aromatic carbocycles. The molecule has 8 rings (SSSR count). The molecular weight excluding hydrogens is 504 g/mol. The maximum atomic E-state index is 6.02. The molecule has 0 unspecified atom stereocenters. The third-order valence-electron chi connectivity index (χ3n) is 7.34. The molecule has 0 aliphatic carbocycles. The molecule has 0 atom stereocenters. The van der Waals surface area contributed by atoms with Gasteiger partial charge in [-0.3, -0.25) is 0 Å². The summed E-state index contributed by atoms with van der Waals surface area (Å²) in [5.41, 5.74) is 6.24. The highest BCUT2D eigenvalue weighted by Crippen LogP contribution is 2.32. The second kappa shape index (κ2) is 9.50. The topological polar surface area (TPSA) is 64.7 Å². The standard InChI is InChI=1S/C36H22N4O/c1-3-9-23(10-4-1)33-38-34(24-11-5-2-6-12-24)40-35(39-33)28-18-16-25-21-27(17-15-26(25)22-28)31-20-19-30-29-13-7-8-14-32(29)41-36(30)37-31/h1-22H. The summed E-state index contributed by atoms with van der Waals surface area (Å²) in [6.07, 6.45) is 0. The van der Waals surface area contributed by atoms with Crippen LogP contribution in [0.5, 0.6) is 0 Å². The highest BCUT2D eigenvalue weighted by Gasteiger charge is 2.13. The second-order valence-electron chi connectivity index (χ2n) is 9.96.